The molecular formula is C26H29N3O6. The van der Waals surface area contributed by atoms with Crippen molar-refractivity contribution in [2.24, 2.45) is 11.8 Å². The predicted molar refractivity (Wildman–Crippen MR) is 128 cm³/mol. The molecule has 4 rings (SSSR count). The molecule has 2 aromatic rings. The minimum atomic E-state index is -0.885. The predicted octanol–water partition coefficient (Wildman–Crippen LogP) is 2.26. The van der Waals surface area contributed by atoms with Crippen molar-refractivity contribution < 1.29 is 29.0 Å². The molecule has 0 bridgehead atoms. The number of carboxylic acid groups (broad SMARTS) is 1. The minimum Gasteiger partial charge on any atom is -0.481 e. The fourth-order valence-corrected chi connectivity index (χ4v) is 4.55. The van der Waals surface area contributed by atoms with Crippen LogP contribution >= 0.6 is 0 Å². The molecule has 2 aromatic carbocycles. The molecule has 0 saturated heterocycles. The maximum absolute atomic E-state index is 12.2. The van der Waals surface area contributed by atoms with E-state index in [1.54, 1.807) is 0 Å². The lowest BCUT2D eigenvalue weighted by atomic mass is 9.98. The molecule has 35 heavy (non-hydrogen) atoms. The molecule has 1 saturated carbocycles. The first-order valence-electron chi connectivity index (χ1n) is 11.8. The maximum atomic E-state index is 12.2. The van der Waals surface area contributed by atoms with Gasteiger partial charge >= 0.3 is 12.1 Å². The maximum Gasteiger partial charge on any atom is 0.407 e. The van der Waals surface area contributed by atoms with Crippen LogP contribution in [0.3, 0.4) is 0 Å². The Morgan fingerprint density at radius 1 is 0.857 bits per heavy atom. The Hall–Kier alpha value is -3.88. The smallest absolute Gasteiger partial charge is 0.407 e. The number of alkyl carbamates (subject to hydrolysis) is 1. The highest BCUT2D eigenvalue weighted by Gasteiger charge is 2.33. The van der Waals surface area contributed by atoms with Gasteiger partial charge in [0.05, 0.1) is 13.0 Å². The van der Waals surface area contributed by atoms with E-state index >= 15 is 0 Å². The number of aliphatic carboxylic acids is 1. The average molecular weight is 480 g/mol. The van der Waals surface area contributed by atoms with Crippen LogP contribution in [0.15, 0.2) is 48.5 Å². The third-order valence-corrected chi connectivity index (χ3v) is 6.47. The Balaban J connectivity index is 1.16. The van der Waals surface area contributed by atoms with Crippen molar-refractivity contribution in [2.75, 3.05) is 26.2 Å². The van der Waals surface area contributed by atoms with Crippen molar-refractivity contribution in [3.63, 3.8) is 0 Å². The number of hydrogen-bond acceptors (Lipinski definition) is 5. The van der Waals surface area contributed by atoms with Gasteiger partial charge in [-0.1, -0.05) is 48.5 Å². The summed E-state index contributed by atoms with van der Waals surface area (Å²) in [6.45, 7) is -0.171. The largest absolute Gasteiger partial charge is 0.481 e. The van der Waals surface area contributed by atoms with Gasteiger partial charge in [-0.05, 0) is 46.9 Å². The molecule has 0 heterocycles. The summed E-state index contributed by atoms with van der Waals surface area (Å²) < 4.78 is 5.38. The SMILES string of the molecule is O=C(O)CC(CNC(=O)CNC(=O)CNC(=O)OCC1c2ccccc2-c2ccccc21)C1CC1. The van der Waals surface area contributed by atoms with Gasteiger partial charge in [-0.15, -0.1) is 0 Å². The van der Waals surface area contributed by atoms with Gasteiger partial charge in [-0.2, -0.15) is 0 Å². The van der Waals surface area contributed by atoms with Crippen LogP contribution in [0, 0.1) is 11.8 Å². The van der Waals surface area contributed by atoms with Gasteiger partial charge in [0.2, 0.25) is 11.8 Å². The third kappa shape index (κ3) is 6.38. The van der Waals surface area contributed by atoms with Gasteiger partial charge in [0.15, 0.2) is 0 Å². The fourth-order valence-electron chi connectivity index (χ4n) is 4.55. The normalized spacial score (nSPS) is 14.9. The molecule has 3 amide bonds. The van der Waals surface area contributed by atoms with Gasteiger partial charge in [-0.25, -0.2) is 4.79 Å². The highest BCUT2D eigenvalue weighted by molar-refractivity contribution is 5.87. The number of ether oxygens (including phenoxy) is 1. The van der Waals surface area contributed by atoms with E-state index in [9.17, 15) is 19.2 Å². The Morgan fingerprint density at radius 3 is 2.03 bits per heavy atom. The molecule has 2 aliphatic rings. The first-order valence-corrected chi connectivity index (χ1v) is 11.8. The van der Waals surface area contributed by atoms with Crippen LogP contribution < -0.4 is 16.0 Å². The molecule has 184 valence electrons. The van der Waals surface area contributed by atoms with E-state index < -0.39 is 23.9 Å². The zero-order valence-electron chi connectivity index (χ0n) is 19.3. The van der Waals surface area contributed by atoms with Crippen LogP contribution in [0.1, 0.15) is 36.3 Å². The first-order chi connectivity index (χ1) is 16.9. The zero-order chi connectivity index (χ0) is 24.8. The number of nitrogens with one attached hydrogen (secondary N) is 3. The molecule has 0 radical (unpaired) electrons. The molecule has 9 heteroatoms. The van der Waals surface area contributed by atoms with Gasteiger partial charge in [0, 0.05) is 12.5 Å². The second kappa shape index (κ2) is 11.0. The Kier molecular flexibility index (Phi) is 7.64. The molecule has 1 fully saturated rings. The summed E-state index contributed by atoms with van der Waals surface area (Å²) in [5, 5.41) is 16.5. The fraction of sp³-hybridized carbons (Fsp3) is 0.385. The molecular weight excluding hydrogens is 450 g/mol. The topological polar surface area (TPSA) is 134 Å². The lowest BCUT2D eigenvalue weighted by Gasteiger charge is -2.15. The van der Waals surface area contributed by atoms with E-state index in [1.807, 2.05) is 48.5 Å². The first kappa shape index (κ1) is 24.3. The van der Waals surface area contributed by atoms with E-state index in [1.165, 1.54) is 0 Å². The second-order valence-corrected chi connectivity index (χ2v) is 8.96. The van der Waals surface area contributed by atoms with Crippen molar-refractivity contribution >= 4 is 23.9 Å². The van der Waals surface area contributed by atoms with Crippen LogP contribution in [0.2, 0.25) is 0 Å². The Bertz CT molecular complexity index is 1070. The standard InChI is InChI=1S/C26H29N3O6/c30-23(27-12-17(11-25(32)33)16-9-10-16)13-28-24(31)14-29-26(34)35-15-22-20-7-3-1-5-18(20)19-6-2-4-8-21(19)22/h1-8,16-17,22H,9-15H2,(H,27,30)(H,28,31)(H,29,34)(H,32,33). The monoisotopic (exact) mass is 479 g/mol. The van der Waals surface area contributed by atoms with Crippen LogP contribution in [-0.2, 0) is 19.1 Å². The highest BCUT2D eigenvalue weighted by atomic mass is 16.5. The number of carbonyl (C=O) groups excluding carboxylic acids is 3. The lowest BCUT2D eigenvalue weighted by molar-refractivity contribution is -0.138. The summed E-state index contributed by atoms with van der Waals surface area (Å²) in [6.07, 6.45) is 1.26. The van der Waals surface area contributed by atoms with Crippen molar-refractivity contribution in [3.8, 4) is 11.1 Å². The van der Waals surface area contributed by atoms with Crippen LogP contribution in [0.4, 0.5) is 4.79 Å². The number of amides is 3. The van der Waals surface area contributed by atoms with Crippen LogP contribution in [0.5, 0.6) is 0 Å². The van der Waals surface area contributed by atoms with Crippen molar-refractivity contribution in [3.05, 3.63) is 59.7 Å². The summed E-state index contributed by atoms with van der Waals surface area (Å²) in [5.74, 6) is -1.66. The number of benzene rings is 2. The molecule has 0 spiro atoms. The minimum absolute atomic E-state index is 0.0152. The Labute approximate surface area is 203 Å². The van der Waals surface area contributed by atoms with E-state index in [2.05, 4.69) is 16.0 Å². The van der Waals surface area contributed by atoms with Crippen molar-refractivity contribution in [2.45, 2.75) is 25.2 Å². The van der Waals surface area contributed by atoms with Crippen molar-refractivity contribution in [1.82, 2.24) is 16.0 Å². The van der Waals surface area contributed by atoms with Gasteiger partial charge < -0.3 is 25.8 Å². The number of carbonyl (C=O) groups is 4. The van der Waals surface area contributed by atoms with Crippen LogP contribution in [-0.4, -0.2) is 55.2 Å². The summed E-state index contributed by atoms with van der Waals surface area (Å²) in [4.78, 5) is 47.1. The molecule has 1 atom stereocenters. The van der Waals surface area contributed by atoms with E-state index in [0.29, 0.717) is 5.92 Å². The summed E-state index contributed by atoms with van der Waals surface area (Å²) in [7, 11) is 0. The average Bonchev–Trinajstić information content (AvgIpc) is 3.65. The van der Waals surface area contributed by atoms with E-state index in [0.717, 1.165) is 35.1 Å². The molecule has 4 N–H and O–H groups in total. The van der Waals surface area contributed by atoms with Crippen LogP contribution in [0.25, 0.3) is 11.1 Å². The lowest BCUT2D eigenvalue weighted by Crippen LogP contribution is -2.43. The highest BCUT2D eigenvalue weighted by Crippen LogP contribution is 2.44. The number of carboxylic acids is 1. The summed E-state index contributed by atoms with van der Waals surface area (Å²) in [6, 6.07) is 16.0. The van der Waals surface area contributed by atoms with Crippen molar-refractivity contribution in [1.29, 1.82) is 0 Å². The molecule has 2 aliphatic carbocycles. The van der Waals surface area contributed by atoms with E-state index in [4.69, 9.17) is 9.84 Å². The summed E-state index contributed by atoms with van der Waals surface area (Å²) in [5.41, 5.74) is 4.44. The van der Waals surface area contributed by atoms with E-state index in [-0.39, 0.29) is 44.5 Å². The molecule has 0 aromatic heterocycles. The second-order valence-electron chi connectivity index (χ2n) is 8.96. The quantitative estimate of drug-likeness (QED) is 0.391. The zero-order valence-corrected chi connectivity index (χ0v) is 19.3. The third-order valence-electron chi connectivity index (χ3n) is 6.47. The van der Waals surface area contributed by atoms with Gasteiger partial charge in [0.1, 0.15) is 13.2 Å². The number of hydrogen-bond donors (Lipinski definition) is 4. The molecule has 9 nitrogen and oxygen atoms in total. The number of rotatable bonds is 11. The Morgan fingerprint density at radius 2 is 1.43 bits per heavy atom. The summed E-state index contributed by atoms with van der Waals surface area (Å²) >= 11 is 0. The molecule has 0 aliphatic heterocycles. The molecule has 1 unspecified atom stereocenters. The number of fused-ring (bicyclic) bond motifs is 3. The van der Waals surface area contributed by atoms with Gasteiger partial charge in [-0.3, -0.25) is 14.4 Å². The van der Waals surface area contributed by atoms with Gasteiger partial charge in [0.25, 0.3) is 0 Å².